The van der Waals surface area contributed by atoms with Crippen LogP contribution in [-0.4, -0.2) is 33.7 Å². The molecule has 0 aliphatic rings. The number of para-hydroxylation sites is 1. The van der Waals surface area contributed by atoms with Crippen molar-refractivity contribution in [3.8, 4) is 11.4 Å². The number of benzene rings is 3. The largest absolute Gasteiger partial charge is 0.497 e. The quantitative estimate of drug-likeness (QED) is 0.501. The lowest BCUT2D eigenvalue weighted by molar-refractivity contribution is 0.101. The molecule has 2 amide bonds. The maximum absolute atomic E-state index is 12.7. The highest BCUT2D eigenvalue weighted by Crippen LogP contribution is 2.18. The van der Waals surface area contributed by atoms with Crippen LogP contribution in [0, 0.1) is 0 Å². The van der Waals surface area contributed by atoms with Gasteiger partial charge >= 0.3 is 0 Å². The molecule has 3 aromatic carbocycles. The molecule has 0 aliphatic carbocycles. The van der Waals surface area contributed by atoms with Crippen LogP contribution in [0.4, 0.5) is 11.9 Å². The molecular formula is C23H19N5O3. The first-order valence-electron chi connectivity index (χ1n) is 9.48. The third-order valence-electron chi connectivity index (χ3n) is 4.45. The van der Waals surface area contributed by atoms with Gasteiger partial charge in [0.2, 0.25) is 5.95 Å². The summed E-state index contributed by atoms with van der Waals surface area (Å²) in [6.07, 6.45) is 0. The van der Waals surface area contributed by atoms with Gasteiger partial charge in [0.15, 0.2) is 0 Å². The van der Waals surface area contributed by atoms with E-state index < -0.39 is 0 Å². The lowest BCUT2D eigenvalue weighted by Gasteiger charge is -2.07. The molecule has 4 rings (SSSR count). The number of methoxy groups -OCH3 is 1. The van der Waals surface area contributed by atoms with Gasteiger partial charge in [-0.1, -0.05) is 36.4 Å². The first kappa shape index (κ1) is 19.8. The number of carbonyl (C=O) groups is 2. The first-order valence-corrected chi connectivity index (χ1v) is 9.48. The van der Waals surface area contributed by atoms with E-state index in [0.717, 1.165) is 0 Å². The van der Waals surface area contributed by atoms with Crippen LogP contribution in [0.1, 0.15) is 20.7 Å². The molecule has 1 heterocycles. The van der Waals surface area contributed by atoms with Crippen LogP contribution in [-0.2, 0) is 0 Å². The molecule has 0 saturated carbocycles. The molecular weight excluding hydrogens is 394 g/mol. The number of nitrogens with one attached hydrogen (secondary N) is 2. The predicted octanol–water partition coefficient (Wildman–Crippen LogP) is 3.78. The van der Waals surface area contributed by atoms with Gasteiger partial charge in [0.25, 0.3) is 17.8 Å². The number of hydrogen-bond donors (Lipinski definition) is 2. The fourth-order valence-electron chi connectivity index (χ4n) is 2.87. The summed E-state index contributed by atoms with van der Waals surface area (Å²) in [5.74, 6) is 0.181. The van der Waals surface area contributed by atoms with Crippen molar-refractivity contribution < 1.29 is 14.3 Å². The summed E-state index contributed by atoms with van der Waals surface area (Å²) in [5.41, 5.74) is 1.58. The third kappa shape index (κ3) is 4.59. The van der Waals surface area contributed by atoms with E-state index in [1.807, 2.05) is 36.4 Å². The zero-order chi connectivity index (χ0) is 21.6. The van der Waals surface area contributed by atoms with Crippen molar-refractivity contribution in [2.75, 3.05) is 17.7 Å². The molecule has 31 heavy (non-hydrogen) atoms. The number of hydrogen-bond acceptors (Lipinski definition) is 5. The average Bonchev–Trinajstić information content (AvgIpc) is 3.22. The molecule has 8 heteroatoms. The molecule has 0 spiro atoms. The van der Waals surface area contributed by atoms with E-state index in [2.05, 4.69) is 20.7 Å². The highest BCUT2D eigenvalue weighted by Gasteiger charge is 2.17. The second kappa shape index (κ2) is 8.91. The Kier molecular flexibility index (Phi) is 5.70. The monoisotopic (exact) mass is 413 g/mol. The number of anilines is 2. The fraction of sp³-hybridized carbons (Fsp3) is 0.0435. The van der Waals surface area contributed by atoms with Gasteiger partial charge in [0, 0.05) is 11.1 Å². The van der Waals surface area contributed by atoms with Crippen molar-refractivity contribution in [2.45, 2.75) is 0 Å². The fourth-order valence-corrected chi connectivity index (χ4v) is 2.87. The minimum absolute atomic E-state index is 0.0720. The van der Waals surface area contributed by atoms with Crippen molar-refractivity contribution in [1.29, 1.82) is 0 Å². The molecule has 0 fully saturated rings. The van der Waals surface area contributed by atoms with Gasteiger partial charge in [-0.2, -0.15) is 9.67 Å². The van der Waals surface area contributed by atoms with Crippen LogP contribution in [0.25, 0.3) is 5.69 Å². The van der Waals surface area contributed by atoms with Gasteiger partial charge < -0.3 is 4.74 Å². The Morgan fingerprint density at radius 1 is 0.774 bits per heavy atom. The minimum Gasteiger partial charge on any atom is -0.497 e. The Morgan fingerprint density at radius 3 is 2.00 bits per heavy atom. The van der Waals surface area contributed by atoms with Crippen molar-refractivity contribution in [3.63, 3.8) is 0 Å². The molecule has 0 saturated heterocycles. The second-order valence-corrected chi connectivity index (χ2v) is 6.51. The van der Waals surface area contributed by atoms with E-state index in [1.54, 1.807) is 55.6 Å². The smallest absolute Gasteiger partial charge is 0.258 e. The molecule has 0 unspecified atom stereocenters. The SMILES string of the molecule is COc1ccc(C(=O)Nc2nc(NC(=O)c3ccccc3)nn2-c2ccccc2)cc1. The molecule has 0 radical (unpaired) electrons. The van der Waals surface area contributed by atoms with Crippen molar-refractivity contribution in [3.05, 3.63) is 96.1 Å². The maximum atomic E-state index is 12.7. The minimum atomic E-state index is -0.367. The number of carbonyl (C=O) groups excluding carboxylic acids is 2. The van der Waals surface area contributed by atoms with E-state index in [-0.39, 0.29) is 23.7 Å². The molecule has 0 atom stereocenters. The normalized spacial score (nSPS) is 10.4. The number of nitrogens with zero attached hydrogens (tertiary/aromatic N) is 3. The van der Waals surface area contributed by atoms with Crippen LogP contribution in [0.15, 0.2) is 84.9 Å². The predicted molar refractivity (Wildman–Crippen MR) is 117 cm³/mol. The van der Waals surface area contributed by atoms with Gasteiger partial charge in [0.05, 0.1) is 12.8 Å². The average molecular weight is 413 g/mol. The van der Waals surface area contributed by atoms with Gasteiger partial charge in [-0.15, -0.1) is 5.10 Å². The standard InChI is InChI=1S/C23H19N5O3/c1-31-19-14-12-17(13-15-19)21(30)25-23-26-22(24-20(29)16-8-4-2-5-9-16)27-28(23)18-10-6-3-7-11-18/h2-15H,1H3,(H2,24,25,26,27,29,30). The van der Waals surface area contributed by atoms with Crippen LogP contribution >= 0.6 is 0 Å². The maximum Gasteiger partial charge on any atom is 0.258 e. The summed E-state index contributed by atoms with van der Waals surface area (Å²) in [4.78, 5) is 29.5. The Balaban J connectivity index is 1.62. The molecule has 4 aromatic rings. The van der Waals surface area contributed by atoms with Crippen LogP contribution in [0.3, 0.4) is 0 Å². The summed E-state index contributed by atoms with van der Waals surface area (Å²) in [6.45, 7) is 0. The van der Waals surface area contributed by atoms with Crippen LogP contribution < -0.4 is 15.4 Å². The highest BCUT2D eigenvalue weighted by molar-refractivity contribution is 6.05. The summed E-state index contributed by atoms with van der Waals surface area (Å²) in [6, 6.07) is 24.6. The second-order valence-electron chi connectivity index (χ2n) is 6.51. The van der Waals surface area contributed by atoms with Gasteiger partial charge in [-0.05, 0) is 48.5 Å². The summed E-state index contributed by atoms with van der Waals surface area (Å²) >= 11 is 0. The molecule has 0 bridgehead atoms. The Bertz CT molecular complexity index is 1190. The van der Waals surface area contributed by atoms with Crippen molar-refractivity contribution in [2.24, 2.45) is 0 Å². The molecule has 154 valence electrons. The Labute approximate surface area is 178 Å². The lowest BCUT2D eigenvalue weighted by Crippen LogP contribution is -2.15. The van der Waals surface area contributed by atoms with Crippen molar-refractivity contribution >= 4 is 23.7 Å². The Hall–Kier alpha value is -4.46. The topological polar surface area (TPSA) is 98.1 Å². The van der Waals surface area contributed by atoms with E-state index in [1.165, 1.54) is 4.68 Å². The van der Waals surface area contributed by atoms with Crippen molar-refractivity contribution in [1.82, 2.24) is 14.8 Å². The van der Waals surface area contributed by atoms with Crippen LogP contribution in [0.2, 0.25) is 0 Å². The van der Waals surface area contributed by atoms with Gasteiger partial charge in [-0.3, -0.25) is 20.2 Å². The number of rotatable bonds is 6. The number of aromatic nitrogens is 3. The van der Waals surface area contributed by atoms with Gasteiger partial charge in [0.1, 0.15) is 5.75 Å². The number of ether oxygens (including phenoxy) is 1. The molecule has 2 N–H and O–H groups in total. The van der Waals surface area contributed by atoms with E-state index in [9.17, 15) is 9.59 Å². The summed E-state index contributed by atoms with van der Waals surface area (Å²) in [5, 5.41) is 9.78. The van der Waals surface area contributed by atoms with Gasteiger partial charge in [-0.25, -0.2) is 0 Å². The van der Waals surface area contributed by atoms with E-state index in [4.69, 9.17) is 4.74 Å². The highest BCUT2D eigenvalue weighted by atomic mass is 16.5. The molecule has 1 aromatic heterocycles. The zero-order valence-electron chi connectivity index (χ0n) is 16.6. The lowest BCUT2D eigenvalue weighted by atomic mass is 10.2. The van der Waals surface area contributed by atoms with Crippen LogP contribution in [0.5, 0.6) is 5.75 Å². The van der Waals surface area contributed by atoms with E-state index >= 15 is 0 Å². The zero-order valence-corrected chi connectivity index (χ0v) is 16.6. The Morgan fingerprint density at radius 2 is 1.35 bits per heavy atom. The summed E-state index contributed by atoms with van der Waals surface area (Å²) < 4.78 is 6.58. The first-order chi connectivity index (χ1) is 15.1. The third-order valence-corrected chi connectivity index (χ3v) is 4.45. The summed E-state index contributed by atoms with van der Waals surface area (Å²) in [7, 11) is 1.56. The number of amides is 2. The van der Waals surface area contributed by atoms with E-state index in [0.29, 0.717) is 22.6 Å². The molecule has 8 nitrogen and oxygen atoms in total. The molecule has 0 aliphatic heterocycles.